The lowest BCUT2D eigenvalue weighted by Crippen LogP contribution is -2.16. The van der Waals surface area contributed by atoms with Gasteiger partial charge >= 0.3 is 12.1 Å². The Bertz CT molecular complexity index is 432. The maximum atomic E-state index is 12.7. The monoisotopic (exact) mass is 263 g/mol. The van der Waals surface area contributed by atoms with Crippen molar-refractivity contribution in [3.63, 3.8) is 0 Å². The van der Waals surface area contributed by atoms with Gasteiger partial charge in [-0.3, -0.25) is 4.79 Å². The normalized spacial score (nSPS) is 11.2. The van der Waals surface area contributed by atoms with Crippen LogP contribution in [-0.2, 0) is 22.1 Å². The van der Waals surface area contributed by atoms with Crippen molar-refractivity contribution in [3.05, 3.63) is 23.4 Å². The minimum Gasteiger partial charge on any atom is -0.481 e. The summed E-state index contributed by atoms with van der Waals surface area (Å²) in [6, 6.07) is 2.43. The van der Waals surface area contributed by atoms with Gasteiger partial charge in [-0.1, -0.05) is 6.07 Å². The number of carbonyl (C=O) groups excluding carboxylic acids is 1. The van der Waals surface area contributed by atoms with E-state index in [1.807, 2.05) is 0 Å². The molecule has 0 amide bonds. The Balaban J connectivity index is 3.07. The molecule has 1 aromatic heterocycles. The second kappa shape index (κ2) is 5.70. The Morgan fingerprint density at radius 2 is 2.06 bits per heavy atom. The third kappa shape index (κ3) is 3.61. The Morgan fingerprint density at radius 3 is 2.56 bits per heavy atom. The van der Waals surface area contributed by atoms with Gasteiger partial charge in [-0.2, -0.15) is 13.2 Å². The second-order valence-electron chi connectivity index (χ2n) is 3.34. The Kier molecular flexibility index (Phi) is 4.52. The molecule has 1 rings (SSSR count). The molecule has 0 atom stereocenters. The van der Waals surface area contributed by atoms with Crippen molar-refractivity contribution in [2.45, 2.75) is 19.5 Å². The number of rotatable bonds is 4. The largest absolute Gasteiger partial charge is 0.481 e. The number of hydrogen-bond donors (Lipinski definition) is 0. The molecule has 0 N–H and O–H groups in total. The van der Waals surface area contributed by atoms with E-state index in [1.54, 1.807) is 6.92 Å². The first-order valence-electron chi connectivity index (χ1n) is 5.15. The van der Waals surface area contributed by atoms with Gasteiger partial charge in [0.15, 0.2) is 5.69 Å². The van der Waals surface area contributed by atoms with Crippen molar-refractivity contribution in [3.8, 4) is 5.88 Å². The third-order valence-electron chi connectivity index (χ3n) is 2.07. The fourth-order valence-electron chi connectivity index (χ4n) is 1.34. The molecule has 0 radical (unpaired) electrons. The molecule has 0 saturated heterocycles. The predicted molar refractivity (Wildman–Crippen MR) is 56.1 cm³/mol. The molecule has 0 fully saturated rings. The molecule has 0 saturated carbocycles. The van der Waals surface area contributed by atoms with Crippen molar-refractivity contribution in [1.29, 1.82) is 0 Å². The molecule has 0 aliphatic rings. The average molecular weight is 263 g/mol. The van der Waals surface area contributed by atoms with Gasteiger partial charge in [0.05, 0.1) is 20.1 Å². The standard InChI is InChI=1S/C11H12F3NO3/c1-3-18-9(16)6-7-4-5-8(17-2)15-10(7)11(12,13)14/h4-5H,3,6H2,1-2H3. The maximum Gasteiger partial charge on any atom is 0.433 e. The highest BCUT2D eigenvalue weighted by Gasteiger charge is 2.36. The first-order chi connectivity index (χ1) is 8.38. The van der Waals surface area contributed by atoms with E-state index < -0.39 is 24.3 Å². The second-order valence-corrected chi connectivity index (χ2v) is 3.34. The average Bonchev–Trinajstić information content (AvgIpc) is 2.28. The van der Waals surface area contributed by atoms with E-state index in [9.17, 15) is 18.0 Å². The minimum absolute atomic E-state index is 0.115. The third-order valence-corrected chi connectivity index (χ3v) is 2.07. The zero-order chi connectivity index (χ0) is 13.8. The van der Waals surface area contributed by atoms with E-state index in [0.29, 0.717) is 0 Å². The molecule has 0 unspecified atom stereocenters. The van der Waals surface area contributed by atoms with E-state index in [0.717, 1.165) is 6.07 Å². The minimum atomic E-state index is -4.64. The number of methoxy groups -OCH3 is 1. The summed E-state index contributed by atoms with van der Waals surface area (Å²) in [5.41, 5.74) is -1.36. The van der Waals surface area contributed by atoms with Crippen LogP contribution in [0.15, 0.2) is 12.1 Å². The molecule has 4 nitrogen and oxygen atoms in total. The SMILES string of the molecule is CCOC(=O)Cc1ccc(OC)nc1C(F)(F)F. The summed E-state index contributed by atoms with van der Waals surface area (Å²) < 4.78 is 47.4. The Labute approximate surface area is 102 Å². The number of nitrogens with zero attached hydrogens (tertiary/aromatic N) is 1. The summed E-state index contributed by atoms with van der Waals surface area (Å²) in [5.74, 6) is -0.884. The number of esters is 1. The lowest BCUT2D eigenvalue weighted by molar-refractivity contribution is -0.144. The fourth-order valence-corrected chi connectivity index (χ4v) is 1.34. The van der Waals surface area contributed by atoms with Crippen LogP contribution in [0.1, 0.15) is 18.2 Å². The summed E-state index contributed by atoms with van der Waals surface area (Å²) in [6.45, 7) is 1.69. The quantitative estimate of drug-likeness (QED) is 0.781. The summed E-state index contributed by atoms with van der Waals surface area (Å²) in [7, 11) is 1.22. The number of hydrogen-bond acceptors (Lipinski definition) is 4. The van der Waals surface area contributed by atoms with E-state index in [-0.39, 0.29) is 18.1 Å². The molecule has 0 aliphatic carbocycles. The van der Waals surface area contributed by atoms with Crippen LogP contribution < -0.4 is 4.74 Å². The number of aromatic nitrogens is 1. The van der Waals surface area contributed by atoms with Crippen molar-refractivity contribution in [2.75, 3.05) is 13.7 Å². The zero-order valence-electron chi connectivity index (χ0n) is 9.87. The predicted octanol–water partition coefficient (Wildman–Crippen LogP) is 2.21. The zero-order valence-corrected chi connectivity index (χ0v) is 9.87. The van der Waals surface area contributed by atoms with E-state index in [1.165, 1.54) is 13.2 Å². The Morgan fingerprint density at radius 1 is 1.39 bits per heavy atom. The summed E-state index contributed by atoms with van der Waals surface area (Å²) in [4.78, 5) is 14.5. The van der Waals surface area contributed by atoms with Crippen molar-refractivity contribution >= 4 is 5.97 Å². The van der Waals surface area contributed by atoms with Gasteiger partial charge in [0.2, 0.25) is 5.88 Å². The van der Waals surface area contributed by atoms with Crippen LogP contribution in [0, 0.1) is 0 Å². The number of halogens is 3. The molecular weight excluding hydrogens is 251 g/mol. The molecule has 18 heavy (non-hydrogen) atoms. The molecule has 7 heteroatoms. The van der Waals surface area contributed by atoms with Gasteiger partial charge in [-0.25, -0.2) is 4.98 Å². The van der Waals surface area contributed by atoms with E-state index >= 15 is 0 Å². The summed E-state index contributed by atoms with van der Waals surface area (Å²) in [5, 5.41) is 0. The molecule has 0 spiro atoms. The van der Waals surface area contributed by atoms with E-state index in [4.69, 9.17) is 0 Å². The first-order valence-corrected chi connectivity index (χ1v) is 5.15. The molecule has 1 aromatic rings. The van der Waals surface area contributed by atoms with Crippen molar-refractivity contribution in [2.24, 2.45) is 0 Å². The van der Waals surface area contributed by atoms with Crippen molar-refractivity contribution in [1.82, 2.24) is 4.98 Å². The fraction of sp³-hybridized carbons (Fsp3) is 0.455. The number of pyridine rings is 1. The van der Waals surface area contributed by atoms with Gasteiger partial charge in [-0.15, -0.1) is 0 Å². The first kappa shape index (κ1) is 14.3. The van der Waals surface area contributed by atoms with Gasteiger partial charge < -0.3 is 9.47 Å². The maximum absolute atomic E-state index is 12.7. The van der Waals surface area contributed by atoms with Crippen LogP contribution in [0.25, 0.3) is 0 Å². The molecule has 0 aliphatic heterocycles. The summed E-state index contributed by atoms with van der Waals surface area (Å²) >= 11 is 0. The molecule has 1 heterocycles. The molecular formula is C11H12F3NO3. The highest BCUT2D eigenvalue weighted by atomic mass is 19.4. The smallest absolute Gasteiger partial charge is 0.433 e. The molecule has 0 bridgehead atoms. The van der Waals surface area contributed by atoms with Gasteiger partial charge in [0.1, 0.15) is 0 Å². The van der Waals surface area contributed by atoms with Gasteiger partial charge in [-0.05, 0) is 12.5 Å². The van der Waals surface area contributed by atoms with Crippen LogP contribution in [-0.4, -0.2) is 24.7 Å². The number of alkyl halides is 3. The van der Waals surface area contributed by atoms with Crippen LogP contribution >= 0.6 is 0 Å². The van der Waals surface area contributed by atoms with Crippen LogP contribution in [0.3, 0.4) is 0 Å². The van der Waals surface area contributed by atoms with Crippen LogP contribution in [0.4, 0.5) is 13.2 Å². The molecule has 0 aromatic carbocycles. The summed E-state index contributed by atoms with van der Waals surface area (Å²) in [6.07, 6.45) is -5.12. The van der Waals surface area contributed by atoms with Gasteiger partial charge in [0.25, 0.3) is 0 Å². The Hall–Kier alpha value is -1.79. The van der Waals surface area contributed by atoms with Crippen molar-refractivity contribution < 1.29 is 27.4 Å². The van der Waals surface area contributed by atoms with Crippen LogP contribution in [0.2, 0.25) is 0 Å². The topological polar surface area (TPSA) is 48.4 Å². The number of ether oxygens (including phenoxy) is 2. The van der Waals surface area contributed by atoms with E-state index in [2.05, 4.69) is 14.5 Å². The van der Waals surface area contributed by atoms with Gasteiger partial charge in [0, 0.05) is 6.07 Å². The highest BCUT2D eigenvalue weighted by molar-refractivity contribution is 5.73. The number of carbonyl (C=O) groups is 1. The molecule has 100 valence electrons. The lowest BCUT2D eigenvalue weighted by Gasteiger charge is -2.12. The lowest BCUT2D eigenvalue weighted by atomic mass is 10.1. The highest BCUT2D eigenvalue weighted by Crippen LogP contribution is 2.32. The van der Waals surface area contributed by atoms with Crippen LogP contribution in [0.5, 0.6) is 5.88 Å².